The lowest BCUT2D eigenvalue weighted by atomic mass is 10.0. The summed E-state index contributed by atoms with van der Waals surface area (Å²) in [6, 6.07) is 53.0. The van der Waals surface area contributed by atoms with Gasteiger partial charge in [-0.25, -0.2) is 0 Å². The number of rotatable bonds is 6. The molecule has 0 unspecified atom stereocenters. The second-order valence-electron chi connectivity index (χ2n) is 8.00. The summed E-state index contributed by atoms with van der Waals surface area (Å²) in [5.41, 5.74) is 3.99. The van der Waals surface area contributed by atoms with Crippen LogP contribution in [0.3, 0.4) is 0 Å². The summed E-state index contributed by atoms with van der Waals surface area (Å²) in [5, 5.41) is 4.25. The van der Waals surface area contributed by atoms with E-state index in [9.17, 15) is 0 Å². The smallest absolute Gasteiger partial charge is 0.0622 e. The fourth-order valence-corrected chi connectivity index (χ4v) is 8.85. The van der Waals surface area contributed by atoms with E-state index in [0.717, 1.165) is 6.16 Å². The van der Waals surface area contributed by atoms with Crippen molar-refractivity contribution in [3.8, 4) is 11.1 Å². The van der Waals surface area contributed by atoms with Crippen LogP contribution in [0, 0.1) is 0 Å². The van der Waals surface area contributed by atoms with Gasteiger partial charge in [0.15, 0.2) is 0 Å². The summed E-state index contributed by atoms with van der Waals surface area (Å²) in [4.78, 5) is 0. The molecule has 0 radical (unpaired) electrons. The standard InChI is InChI=1S/C31H26P/c1-5-15-26(16-6-1)31-24-14-13-17-27(31)25-32(28-18-7-2-8-19-28,29-20-9-3-10-21-29)30-22-11-4-12-23-30/h1-24H,25H2/q+1. The zero-order chi connectivity index (χ0) is 21.6. The molecule has 5 rings (SSSR count). The van der Waals surface area contributed by atoms with E-state index < -0.39 is 7.26 Å². The second kappa shape index (κ2) is 9.35. The molecule has 0 spiro atoms. The van der Waals surface area contributed by atoms with Gasteiger partial charge in [-0.15, -0.1) is 0 Å². The molecule has 0 aromatic heterocycles. The van der Waals surface area contributed by atoms with Gasteiger partial charge in [0, 0.05) is 0 Å². The zero-order valence-electron chi connectivity index (χ0n) is 18.0. The van der Waals surface area contributed by atoms with E-state index in [0.29, 0.717) is 0 Å². The van der Waals surface area contributed by atoms with Crippen LogP contribution in [0.15, 0.2) is 146 Å². The minimum atomic E-state index is -1.92. The van der Waals surface area contributed by atoms with Crippen LogP contribution in [0.25, 0.3) is 11.1 Å². The molecule has 32 heavy (non-hydrogen) atoms. The van der Waals surface area contributed by atoms with Crippen LogP contribution < -0.4 is 15.9 Å². The first-order valence-corrected chi connectivity index (χ1v) is 13.0. The van der Waals surface area contributed by atoms with Crippen LogP contribution in [0.5, 0.6) is 0 Å². The Kier molecular flexibility index (Phi) is 5.97. The Morgan fingerprint density at radius 2 is 0.750 bits per heavy atom. The van der Waals surface area contributed by atoms with E-state index in [2.05, 4.69) is 146 Å². The SMILES string of the molecule is c1ccc(-c2ccccc2C[P+](c2ccccc2)(c2ccccc2)c2ccccc2)cc1. The van der Waals surface area contributed by atoms with Crippen LogP contribution in [0.1, 0.15) is 5.56 Å². The summed E-state index contributed by atoms with van der Waals surface area (Å²) in [5.74, 6) is 0. The third-order valence-corrected chi connectivity index (χ3v) is 10.5. The predicted octanol–water partition coefficient (Wildman–Crippen LogP) is 6.85. The number of benzene rings is 5. The number of hydrogen-bond acceptors (Lipinski definition) is 0. The molecule has 5 aromatic rings. The highest BCUT2D eigenvalue weighted by atomic mass is 31.2. The summed E-state index contributed by atoms with van der Waals surface area (Å²) in [7, 11) is -1.92. The van der Waals surface area contributed by atoms with Crippen LogP contribution in [0.4, 0.5) is 0 Å². The first kappa shape index (κ1) is 20.4. The first-order chi connectivity index (χ1) is 15.9. The van der Waals surface area contributed by atoms with Crippen molar-refractivity contribution in [3.63, 3.8) is 0 Å². The molecule has 0 fully saturated rings. The molecular weight excluding hydrogens is 403 g/mol. The van der Waals surface area contributed by atoms with Gasteiger partial charge in [-0.05, 0) is 53.1 Å². The maximum Gasteiger partial charge on any atom is 0.116 e. The average molecular weight is 430 g/mol. The molecule has 154 valence electrons. The van der Waals surface area contributed by atoms with Gasteiger partial charge in [-0.1, -0.05) is 109 Å². The Labute approximate surface area is 191 Å². The normalized spacial score (nSPS) is 11.2. The quantitative estimate of drug-likeness (QED) is 0.259. The van der Waals surface area contributed by atoms with Crippen molar-refractivity contribution in [1.82, 2.24) is 0 Å². The van der Waals surface area contributed by atoms with Crippen molar-refractivity contribution in [2.75, 3.05) is 0 Å². The van der Waals surface area contributed by atoms with E-state index >= 15 is 0 Å². The fraction of sp³-hybridized carbons (Fsp3) is 0.0323. The highest BCUT2D eigenvalue weighted by Gasteiger charge is 2.45. The Hall–Kier alpha value is -3.47. The molecule has 0 amide bonds. The molecule has 0 aliphatic heterocycles. The van der Waals surface area contributed by atoms with Gasteiger partial charge in [0.1, 0.15) is 23.2 Å². The maximum atomic E-state index is 2.32. The summed E-state index contributed by atoms with van der Waals surface area (Å²) >= 11 is 0. The molecule has 0 atom stereocenters. The molecule has 5 aromatic carbocycles. The molecule has 0 N–H and O–H groups in total. The van der Waals surface area contributed by atoms with Crippen LogP contribution in [-0.4, -0.2) is 0 Å². The van der Waals surface area contributed by atoms with Crippen molar-refractivity contribution in [2.45, 2.75) is 6.16 Å². The molecule has 0 aliphatic carbocycles. The van der Waals surface area contributed by atoms with Gasteiger partial charge in [0.25, 0.3) is 0 Å². The lowest BCUT2D eigenvalue weighted by Gasteiger charge is -2.28. The van der Waals surface area contributed by atoms with E-state index in [4.69, 9.17) is 0 Å². The fourth-order valence-electron chi connectivity index (χ4n) is 4.58. The Morgan fingerprint density at radius 1 is 0.375 bits per heavy atom. The van der Waals surface area contributed by atoms with Gasteiger partial charge in [-0.2, -0.15) is 0 Å². The van der Waals surface area contributed by atoms with E-state index in [1.165, 1.54) is 32.6 Å². The highest BCUT2D eigenvalue weighted by Crippen LogP contribution is 2.58. The molecular formula is C31H26P+. The van der Waals surface area contributed by atoms with Gasteiger partial charge in [0.05, 0.1) is 6.16 Å². The topological polar surface area (TPSA) is 0 Å². The summed E-state index contributed by atoms with van der Waals surface area (Å²) < 4.78 is 0. The molecule has 1 heteroatoms. The third kappa shape index (κ3) is 3.91. The van der Waals surface area contributed by atoms with Gasteiger partial charge < -0.3 is 0 Å². The first-order valence-electron chi connectivity index (χ1n) is 11.1. The Morgan fingerprint density at radius 3 is 1.22 bits per heavy atom. The lowest BCUT2D eigenvalue weighted by Crippen LogP contribution is -2.32. The molecule has 0 saturated heterocycles. The van der Waals surface area contributed by atoms with Gasteiger partial charge in [0.2, 0.25) is 0 Å². The minimum absolute atomic E-state index is 0.982. The third-order valence-electron chi connectivity index (χ3n) is 6.10. The van der Waals surface area contributed by atoms with E-state index in [1.807, 2.05) is 0 Å². The number of hydrogen-bond donors (Lipinski definition) is 0. The minimum Gasteiger partial charge on any atom is -0.0622 e. The molecule has 0 nitrogen and oxygen atoms in total. The predicted molar refractivity (Wildman–Crippen MR) is 141 cm³/mol. The molecule has 0 saturated carbocycles. The zero-order valence-corrected chi connectivity index (χ0v) is 18.9. The molecule has 0 bridgehead atoms. The largest absolute Gasteiger partial charge is 0.116 e. The van der Waals surface area contributed by atoms with Crippen molar-refractivity contribution in [3.05, 3.63) is 151 Å². The van der Waals surface area contributed by atoms with Crippen molar-refractivity contribution < 1.29 is 0 Å². The van der Waals surface area contributed by atoms with Gasteiger partial charge in [-0.3, -0.25) is 0 Å². The van der Waals surface area contributed by atoms with Crippen molar-refractivity contribution >= 4 is 23.2 Å². The summed E-state index contributed by atoms with van der Waals surface area (Å²) in [6.45, 7) is 0. The summed E-state index contributed by atoms with van der Waals surface area (Å²) in [6.07, 6.45) is 0.982. The lowest BCUT2D eigenvalue weighted by molar-refractivity contribution is 1.38. The van der Waals surface area contributed by atoms with E-state index in [1.54, 1.807) is 0 Å². The molecule has 0 aliphatic rings. The molecule has 0 heterocycles. The van der Waals surface area contributed by atoms with Crippen LogP contribution in [-0.2, 0) is 6.16 Å². The Bertz CT molecular complexity index is 1170. The monoisotopic (exact) mass is 429 g/mol. The average Bonchev–Trinajstić information content (AvgIpc) is 2.89. The Balaban J connectivity index is 1.78. The van der Waals surface area contributed by atoms with Gasteiger partial charge >= 0.3 is 0 Å². The van der Waals surface area contributed by atoms with Crippen LogP contribution in [0.2, 0.25) is 0 Å². The van der Waals surface area contributed by atoms with E-state index in [-0.39, 0.29) is 0 Å². The second-order valence-corrected chi connectivity index (χ2v) is 11.5. The highest BCUT2D eigenvalue weighted by molar-refractivity contribution is 7.95. The van der Waals surface area contributed by atoms with Crippen LogP contribution >= 0.6 is 7.26 Å². The van der Waals surface area contributed by atoms with Crippen molar-refractivity contribution in [2.24, 2.45) is 0 Å². The maximum absolute atomic E-state index is 2.32. The van der Waals surface area contributed by atoms with Crippen molar-refractivity contribution in [1.29, 1.82) is 0 Å².